The number of amides is 1. The summed E-state index contributed by atoms with van der Waals surface area (Å²) in [6, 6.07) is 3.65. The van der Waals surface area contributed by atoms with Gasteiger partial charge in [0.1, 0.15) is 5.82 Å². The van der Waals surface area contributed by atoms with Crippen molar-refractivity contribution < 1.29 is 18.5 Å². The molecule has 21 heavy (non-hydrogen) atoms. The van der Waals surface area contributed by atoms with Crippen LogP contribution in [0.3, 0.4) is 0 Å². The number of nitrogens with zero attached hydrogens (tertiary/aromatic N) is 2. The summed E-state index contributed by atoms with van der Waals surface area (Å²) in [4.78, 5) is 25.1. The van der Waals surface area contributed by atoms with Crippen LogP contribution in [-0.2, 0) is 0 Å². The fraction of sp³-hybridized carbons (Fsp3) is 0. The van der Waals surface area contributed by atoms with E-state index in [2.05, 4.69) is 4.98 Å². The highest BCUT2D eigenvalue weighted by molar-refractivity contribution is 6.05. The maximum atomic E-state index is 13.6. The molecule has 1 aromatic carbocycles. The third kappa shape index (κ3) is 2.91. The van der Waals surface area contributed by atoms with E-state index in [1.165, 1.54) is 0 Å². The van der Waals surface area contributed by atoms with Crippen LogP contribution in [0.4, 0.5) is 26.0 Å². The third-order valence-corrected chi connectivity index (χ3v) is 2.57. The number of non-ortho nitro benzene ring substituents is 1. The summed E-state index contributed by atoms with van der Waals surface area (Å²) < 4.78 is 27.1. The number of nitro benzene ring substituents is 1. The van der Waals surface area contributed by atoms with Crippen LogP contribution < -0.4 is 11.1 Å². The van der Waals surface area contributed by atoms with E-state index in [1.54, 1.807) is 0 Å². The molecule has 0 fully saturated rings. The molecule has 1 amide bonds. The van der Waals surface area contributed by atoms with Gasteiger partial charge in [-0.1, -0.05) is 0 Å². The van der Waals surface area contributed by atoms with Gasteiger partial charge in [0.2, 0.25) is 0 Å². The fourth-order valence-electron chi connectivity index (χ4n) is 1.55. The van der Waals surface area contributed by atoms with E-state index >= 15 is 0 Å². The number of benzene rings is 1. The normalized spacial score (nSPS) is 10.2. The molecule has 108 valence electrons. The molecule has 1 aromatic heterocycles. The first-order chi connectivity index (χ1) is 9.90. The Morgan fingerprint density at radius 1 is 1.33 bits per heavy atom. The van der Waals surface area contributed by atoms with Crippen molar-refractivity contribution in [1.29, 1.82) is 0 Å². The van der Waals surface area contributed by atoms with E-state index in [4.69, 9.17) is 5.73 Å². The standard InChI is InChI=1S/C12H8F2N4O3/c13-8-2-1-6(18(20)21)5-9(8)17-12(19)7-3-4-16-11(15)10(7)14/h1-5H,(H2,15,16)(H,17,19). The van der Waals surface area contributed by atoms with Gasteiger partial charge in [-0.2, -0.15) is 0 Å². The summed E-state index contributed by atoms with van der Waals surface area (Å²) >= 11 is 0. The Morgan fingerprint density at radius 2 is 2.05 bits per heavy atom. The first kappa shape index (κ1) is 14.3. The monoisotopic (exact) mass is 294 g/mol. The molecule has 0 radical (unpaired) electrons. The van der Waals surface area contributed by atoms with Gasteiger partial charge in [0.05, 0.1) is 16.2 Å². The second-order valence-corrected chi connectivity index (χ2v) is 3.93. The minimum absolute atomic E-state index is 0.415. The number of anilines is 2. The Balaban J connectivity index is 2.33. The number of hydrogen-bond acceptors (Lipinski definition) is 5. The molecule has 0 aliphatic carbocycles. The molecule has 0 unspecified atom stereocenters. The largest absolute Gasteiger partial charge is 0.381 e. The Hall–Kier alpha value is -3.10. The fourth-order valence-corrected chi connectivity index (χ4v) is 1.55. The van der Waals surface area contributed by atoms with Gasteiger partial charge in [0.15, 0.2) is 11.6 Å². The SMILES string of the molecule is Nc1nccc(C(=O)Nc2cc([N+](=O)[O-])ccc2F)c1F. The summed E-state index contributed by atoms with van der Waals surface area (Å²) in [7, 11) is 0. The average molecular weight is 294 g/mol. The second-order valence-electron chi connectivity index (χ2n) is 3.93. The Labute approximate surface area is 116 Å². The van der Waals surface area contributed by atoms with Gasteiger partial charge >= 0.3 is 0 Å². The lowest BCUT2D eigenvalue weighted by Gasteiger charge is -2.07. The second kappa shape index (κ2) is 5.49. The number of pyridine rings is 1. The van der Waals surface area contributed by atoms with Crippen LogP contribution >= 0.6 is 0 Å². The number of carbonyl (C=O) groups excluding carboxylic acids is 1. The van der Waals surface area contributed by atoms with Crippen LogP contribution in [0, 0.1) is 21.7 Å². The molecule has 0 saturated carbocycles. The highest BCUT2D eigenvalue weighted by atomic mass is 19.1. The third-order valence-electron chi connectivity index (χ3n) is 2.57. The Morgan fingerprint density at radius 3 is 2.71 bits per heavy atom. The van der Waals surface area contributed by atoms with E-state index < -0.39 is 45.2 Å². The molecule has 1 heterocycles. The number of nitrogen functional groups attached to an aromatic ring is 1. The predicted molar refractivity (Wildman–Crippen MR) is 69.6 cm³/mol. The highest BCUT2D eigenvalue weighted by Crippen LogP contribution is 2.22. The summed E-state index contributed by atoms with van der Waals surface area (Å²) in [5.74, 6) is -3.43. The molecule has 0 aliphatic heterocycles. The molecule has 0 spiro atoms. The van der Waals surface area contributed by atoms with Crippen LogP contribution in [0.25, 0.3) is 0 Å². The Kier molecular flexibility index (Phi) is 3.74. The van der Waals surface area contributed by atoms with Crippen LogP contribution in [0.15, 0.2) is 30.5 Å². The van der Waals surface area contributed by atoms with E-state index in [-0.39, 0.29) is 0 Å². The van der Waals surface area contributed by atoms with Crippen molar-refractivity contribution in [2.24, 2.45) is 0 Å². The zero-order valence-electron chi connectivity index (χ0n) is 10.3. The van der Waals surface area contributed by atoms with Crippen molar-refractivity contribution in [3.05, 3.63) is 57.8 Å². The van der Waals surface area contributed by atoms with Crippen molar-refractivity contribution in [2.45, 2.75) is 0 Å². The van der Waals surface area contributed by atoms with Crippen molar-refractivity contribution in [3.63, 3.8) is 0 Å². The number of carbonyl (C=O) groups is 1. The topological polar surface area (TPSA) is 111 Å². The van der Waals surface area contributed by atoms with Crippen molar-refractivity contribution >= 4 is 23.1 Å². The zero-order chi connectivity index (χ0) is 15.6. The molecule has 0 bridgehead atoms. The summed E-state index contributed by atoms with van der Waals surface area (Å²) in [5, 5.41) is 12.7. The molecule has 2 rings (SSSR count). The smallest absolute Gasteiger partial charge is 0.271 e. The number of nitrogens with one attached hydrogen (secondary N) is 1. The number of nitro groups is 1. The van der Waals surface area contributed by atoms with Crippen molar-refractivity contribution in [3.8, 4) is 0 Å². The van der Waals surface area contributed by atoms with Gasteiger partial charge in [-0.3, -0.25) is 14.9 Å². The Bertz CT molecular complexity index is 736. The molecule has 0 atom stereocenters. The number of halogens is 2. The van der Waals surface area contributed by atoms with Gasteiger partial charge < -0.3 is 11.1 Å². The molecular weight excluding hydrogens is 286 g/mol. The van der Waals surface area contributed by atoms with Gasteiger partial charge in [-0.05, 0) is 12.1 Å². The van der Waals surface area contributed by atoms with E-state index in [9.17, 15) is 23.7 Å². The maximum absolute atomic E-state index is 13.6. The van der Waals surface area contributed by atoms with Gasteiger partial charge in [-0.25, -0.2) is 13.8 Å². The lowest BCUT2D eigenvalue weighted by molar-refractivity contribution is -0.384. The van der Waals surface area contributed by atoms with Crippen molar-refractivity contribution in [2.75, 3.05) is 11.1 Å². The van der Waals surface area contributed by atoms with Crippen LogP contribution in [0.2, 0.25) is 0 Å². The number of nitrogens with two attached hydrogens (primary N) is 1. The van der Waals surface area contributed by atoms with Crippen molar-refractivity contribution in [1.82, 2.24) is 4.98 Å². The zero-order valence-corrected chi connectivity index (χ0v) is 10.3. The average Bonchev–Trinajstić information content (AvgIpc) is 2.43. The van der Waals surface area contributed by atoms with Gasteiger partial charge in [0.25, 0.3) is 11.6 Å². The van der Waals surface area contributed by atoms with Crippen LogP contribution in [-0.4, -0.2) is 15.8 Å². The first-order valence-electron chi connectivity index (χ1n) is 5.55. The van der Waals surface area contributed by atoms with E-state index in [1.807, 2.05) is 5.32 Å². The van der Waals surface area contributed by atoms with Crippen LogP contribution in [0.5, 0.6) is 0 Å². The maximum Gasteiger partial charge on any atom is 0.271 e. The summed E-state index contributed by atoms with van der Waals surface area (Å²) in [5.41, 5.74) is 3.91. The molecule has 3 N–H and O–H groups in total. The number of aromatic nitrogens is 1. The lowest BCUT2D eigenvalue weighted by Crippen LogP contribution is -2.16. The summed E-state index contributed by atoms with van der Waals surface area (Å²) in [6.45, 7) is 0. The predicted octanol–water partition coefficient (Wildman–Crippen LogP) is 2.10. The molecule has 9 heteroatoms. The first-order valence-corrected chi connectivity index (χ1v) is 5.55. The molecule has 7 nitrogen and oxygen atoms in total. The van der Waals surface area contributed by atoms with Gasteiger partial charge in [0, 0.05) is 18.3 Å². The van der Waals surface area contributed by atoms with E-state index in [0.717, 1.165) is 30.5 Å². The van der Waals surface area contributed by atoms with Crippen LogP contribution in [0.1, 0.15) is 10.4 Å². The quantitative estimate of drug-likeness (QED) is 0.665. The lowest BCUT2D eigenvalue weighted by atomic mass is 10.2. The summed E-state index contributed by atoms with van der Waals surface area (Å²) in [6.07, 6.45) is 1.11. The molecule has 0 saturated heterocycles. The minimum Gasteiger partial charge on any atom is -0.381 e. The minimum atomic E-state index is -1.05. The van der Waals surface area contributed by atoms with E-state index in [0.29, 0.717) is 0 Å². The molecule has 2 aromatic rings. The number of hydrogen-bond donors (Lipinski definition) is 2. The van der Waals surface area contributed by atoms with Gasteiger partial charge in [-0.15, -0.1) is 0 Å². The molecule has 0 aliphatic rings. The highest BCUT2D eigenvalue weighted by Gasteiger charge is 2.18. The number of rotatable bonds is 3. The molecular formula is C12H8F2N4O3.